The lowest BCUT2D eigenvalue weighted by Gasteiger charge is -2.37. The first-order valence-electron chi connectivity index (χ1n) is 14.0. The molecule has 1 fully saturated rings. The topological polar surface area (TPSA) is 100 Å². The van der Waals surface area contributed by atoms with Gasteiger partial charge in [-0.2, -0.15) is 5.26 Å². The number of methoxy groups -OCH3 is 1. The average Bonchev–Trinajstić information content (AvgIpc) is 3.27. The molecule has 3 aromatic carbocycles. The van der Waals surface area contributed by atoms with Crippen LogP contribution in [0.2, 0.25) is 10.0 Å². The third kappa shape index (κ3) is 6.39. The standard InChI is InChI=1S/C33H33Cl2F2N3O4/c1-6-44-31(42)18-10-13-24(25(14-18)43-5)39-30(41)29-27(20-8-7-9-22(35)28(20)37)33(17-38,26(40-29)16-32(2,3)4)21-12-11-19(34)15-23(21)36/h7-15,26-27,29,40H,6,16H2,1-5H3,(H,39,41)/t26?,27?,29?,33-/m0/s1. The van der Waals surface area contributed by atoms with Crippen LogP contribution in [0.25, 0.3) is 0 Å². The first kappa shape index (κ1) is 33.2. The van der Waals surface area contributed by atoms with Crippen LogP contribution < -0.4 is 15.4 Å². The van der Waals surface area contributed by atoms with Crippen molar-refractivity contribution in [3.05, 3.63) is 93.0 Å². The molecule has 0 aliphatic carbocycles. The fourth-order valence-corrected chi connectivity index (χ4v) is 6.24. The second kappa shape index (κ2) is 13.1. The van der Waals surface area contributed by atoms with E-state index >= 15 is 8.78 Å². The Morgan fingerprint density at radius 1 is 1.11 bits per heavy atom. The Balaban J connectivity index is 1.91. The fourth-order valence-electron chi connectivity index (χ4n) is 5.90. The first-order chi connectivity index (χ1) is 20.8. The summed E-state index contributed by atoms with van der Waals surface area (Å²) in [6.45, 7) is 7.72. The summed E-state index contributed by atoms with van der Waals surface area (Å²) in [6.07, 6.45) is 0.322. The van der Waals surface area contributed by atoms with E-state index in [4.69, 9.17) is 32.7 Å². The van der Waals surface area contributed by atoms with Gasteiger partial charge in [0.1, 0.15) is 22.8 Å². The summed E-state index contributed by atoms with van der Waals surface area (Å²) >= 11 is 12.3. The molecule has 1 aliphatic rings. The van der Waals surface area contributed by atoms with Gasteiger partial charge in [-0.05, 0) is 60.7 Å². The molecule has 3 unspecified atom stereocenters. The number of esters is 1. The Bertz CT molecular complexity index is 1620. The number of carbonyl (C=O) groups is 2. The van der Waals surface area contributed by atoms with Crippen LogP contribution in [0.1, 0.15) is 61.5 Å². The average molecular weight is 645 g/mol. The third-order valence-corrected chi connectivity index (χ3v) is 8.23. The monoisotopic (exact) mass is 643 g/mol. The predicted octanol–water partition coefficient (Wildman–Crippen LogP) is 7.42. The van der Waals surface area contributed by atoms with Gasteiger partial charge in [-0.3, -0.25) is 4.79 Å². The van der Waals surface area contributed by atoms with Crippen LogP contribution >= 0.6 is 23.2 Å². The summed E-state index contributed by atoms with van der Waals surface area (Å²) in [5.74, 6) is -3.84. The number of hydrogen-bond donors (Lipinski definition) is 2. The zero-order valence-electron chi connectivity index (χ0n) is 24.9. The van der Waals surface area contributed by atoms with Crippen molar-refractivity contribution < 1.29 is 27.8 Å². The van der Waals surface area contributed by atoms with Gasteiger partial charge in [0.05, 0.1) is 42.1 Å². The lowest BCUT2D eigenvalue weighted by molar-refractivity contribution is -0.118. The normalized spacial score (nSPS) is 21.4. The second-order valence-corrected chi connectivity index (χ2v) is 12.7. The molecule has 0 saturated carbocycles. The van der Waals surface area contributed by atoms with E-state index in [9.17, 15) is 14.9 Å². The van der Waals surface area contributed by atoms with Crippen molar-refractivity contribution in [3.63, 3.8) is 0 Å². The Hall–Kier alpha value is -3.71. The maximum Gasteiger partial charge on any atom is 0.338 e. The molecule has 232 valence electrons. The van der Waals surface area contributed by atoms with E-state index in [-0.39, 0.29) is 44.8 Å². The highest BCUT2D eigenvalue weighted by Gasteiger charge is 2.61. The van der Waals surface area contributed by atoms with Gasteiger partial charge in [-0.25, -0.2) is 13.6 Å². The maximum absolute atomic E-state index is 15.9. The van der Waals surface area contributed by atoms with E-state index in [1.807, 2.05) is 20.8 Å². The summed E-state index contributed by atoms with van der Waals surface area (Å²) in [6, 6.07) is 12.9. The lowest BCUT2D eigenvalue weighted by atomic mass is 9.62. The van der Waals surface area contributed by atoms with Crippen molar-refractivity contribution >= 4 is 40.8 Å². The van der Waals surface area contributed by atoms with Gasteiger partial charge in [0.2, 0.25) is 5.91 Å². The Kier molecular flexibility index (Phi) is 9.89. The number of hydrogen-bond acceptors (Lipinski definition) is 6. The van der Waals surface area contributed by atoms with Crippen molar-refractivity contribution in [2.75, 3.05) is 19.0 Å². The highest BCUT2D eigenvalue weighted by Crippen LogP contribution is 2.53. The van der Waals surface area contributed by atoms with Gasteiger partial charge < -0.3 is 20.1 Å². The molecular formula is C33H33Cl2F2N3O4. The highest BCUT2D eigenvalue weighted by molar-refractivity contribution is 6.31. The van der Waals surface area contributed by atoms with Crippen molar-refractivity contribution in [2.45, 2.75) is 57.5 Å². The molecule has 1 saturated heterocycles. The summed E-state index contributed by atoms with van der Waals surface area (Å²) < 4.78 is 42.2. The number of nitriles is 1. The van der Waals surface area contributed by atoms with Crippen LogP contribution in [0.5, 0.6) is 5.75 Å². The SMILES string of the molecule is CCOC(=O)c1ccc(NC(=O)C2NC(CC(C)(C)C)[C@](C#N)(c3ccc(Cl)cc3F)C2c2cccc(Cl)c2F)c(OC)c1. The summed E-state index contributed by atoms with van der Waals surface area (Å²) in [5.41, 5.74) is -1.78. The van der Waals surface area contributed by atoms with Crippen LogP contribution in [0.15, 0.2) is 54.6 Å². The predicted molar refractivity (Wildman–Crippen MR) is 165 cm³/mol. The van der Waals surface area contributed by atoms with Crippen LogP contribution in [0, 0.1) is 28.4 Å². The van der Waals surface area contributed by atoms with Crippen LogP contribution in [-0.2, 0) is 14.9 Å². The fraction of sp³-hybridized carbons (Fsp3) is 0.364. The minimum absolute atomic E-state index is 0.0257. The van der Waals surface area contributed by atoms with Crippen LogP contribution in [-0.4, -0.2) is 37.7 Å². The second-order valence-electron chi connectivity index (χ2n) is 11.8. The molecule has 2 N–H and O–H groups in total. The van der Waals surface area contributed by atoms with Gasteiger partial charge in [0, 0.05) is 22.5 Å². The summed E-state index contributed by atoms with van der Waals surface area (Å²) in [7, 11) is 1.38. The van der Waals surface area contributed by atoms with E-state index in [1.54, 1.807) is 6.92 Å². The molecule has 0 radical (unpaired) electrons. The number of nitrogens with one attached hydrogen (secondary N) is 2. The van der Waals surface area contributed by atoms with Crippen LogP contribution in [0.3, 0.4) is 0 Å². The quantitative estimate of drug-likeness (QED) is 0.248. The molecule has 11 heteroatoms. The minimum Gasteiger partial charge on any atom is -0.495 e. The molecule has 0 aromatic heterocycles. The number of amides is 1. The molecule has 1 heterocycles. The van der Waals surface area contributed by atoms with Crippen molar-refractivity contribution in [3.8, 4) is 11.8 Å². The van der Waals surface area contributed by atoms with Crippen molar-refractivity contribution in [1.82, 2.24) is 5.32 Å². The molecule has 1 amide bonds. The molecule has 3 aromatic rings. The van der Waals surface area contributed by atoms with E-state index in [1.165, 1.54) is 55.6 Å². The van der Waals surface area contributed by atoms with E-state index in [2.05, 4.69) is 16.7 Å². The Morgan fingerprint density at radius 3 is 2.45 bits per heavy atom. The number of anilines is 1. The van der Waals surface area contributed by atoms with Gasteiger partial charge in [0.25, 0.3) is 0 Å². The summed E-state index contributed by atoms with van der Waals surface area (Å²) in [5, 5.41) is 17.0. The van der Waals surface area contributed by atoms with Crippen molar-refractivity contribution in [2.24, 2.45) is 5.41 Å². The molecule has 0 bridgehead atoms. The van der Waals surface area contributed by atoms with Gasteiger partial charge in [-0.1, -0.05) is 62.2 Å². The van der Waals surface area contributed by atoms with Crippen LogP contribution in [0.4, 0.5) is 14.5 Å². The number of benzene rings is 3. The summed E-state index contributed by atoms with van der Waals surface area (Å²) in [4.78, 5) is 26.4. The highest BCUT2D eigenvalue weighted by atomic mass is 35.5. The van der Waals surface area contributed by atoms with E-state index in [0.29, 0.717) is 6.42 Å². The molecule has 4 atom stereocenters. The van der Waals surface area contributed by atoms with Crippen molar-refractivity contribution in [1.29, 1.82) is 5.26 Å². The largest absolute Gasteiger partial charge is 0.495 e. The van der Waals surface area contributed by atoms with Gasteiger partial charge >= 0.3 is 5.97 Å². The zero-order chi connectivity index (χ0) is 32.4. The molecule has 4 rings (SSSR count). The van der Waals surface area contributed by atoms with Gasteiger partial charge in [-0.15, -0.1) is 0 Å². The zero-order valence-corrected chi connectivity index (χ0v) is 26.4. The third-order valence-electron chi connectivity index (χ3n) is 7.70. The molecular weight excluding hydrogens is 611 g/mol. The Morgan fingerprint density at radius 2 is 1.84 bits per heavy atom. The number of rotatable bonds is 8. The first-order valence-corrected chi connectivity index (χ1v) is 14.8. The number of halogens is 4. The lowest BCUT2D eigenvalue weighted by Crippen LogP contribution is -2.45. The minimum atomic E-state index is -1.77. The van der Waals surface area contributed by atoms with E-state index in [0.717, 1.165) is 6.07 Å². The molecule has 0 spiro atoms. The number of nitrogens with zero attached hydrogens (tertiary/aromatic N) is 1. The smallest absolute Gasteiger partial charge is 0.338 e. The van der Waals surface area contributed by atoms with Gasteiger partial charge in [0.15, 0.2) is 0 Å². The maximum atomic E-state index is 15.9. The number of ether oxygens (including phenoxy) is 2. The molecule has 44 heavy (non-hydrogen) atoms. The molecule has 1 aliphatic heterocycles. The Labute approximate surface area is 265 Å². The van der Waals surface area contributed by atoms with E-state index < -0.39 is 52.3 Å². The number of carbonyl (C=O) groups excluding carboxylic acids is 2. The molecule has 7 nitrogen and oxygen atoms in total.